The number of fused-ring (bicyclic) bond motifs is 1. The first-order valence-corrected chi connectivity index (χ1v) is 12.0. The Balaban J connectivity index is 1.72. The van der Waals surface area contributed by atoms with Crippen LogP contribution in [0.1, 0.15) is 94.2 Å². The second kappa shape index (κ2) is 11.5. The number of amides is 2. The summed E-state index contributed by atoms with van der Waals surface area (Å²) in [7, 11) is 0. The van der Waals surface area contributed by atoms with Crippen LogP contribution in [0.25, 0.3) is 0 Å². The lowest BCUT2D eigenvalue weighted by Crippen LogP contribution is -2.53. The number of hydrogen-bond donors (Lipinski definition) is 2. The second-order valence-electron chi connectivity index (χ2n) is 9.17. The third kappa shape index (κ3) is 5.84. The molecule has 0 aromatic heterocycles. The Morgan fingerprint density at radius 3 is 2.47 bits per heavy atom. The summed E-state index contributed by atoms with van der Waals surface area (Å²) in [5.41, 5.74) is 13.8. The number of unbranched alkanes of at least 4 members (excludes halogenated alkanes) is 2. The van der Waals surface area contributed by atoms with Gasteiger partial charge in [0.1, 0.15) is 6.04 Å². The first-order chi connectivity index (χ1) is 14.6. The van der Waals surface area contributed by atoms with Crippen LogP contribution in [-0.2, 0) is 16.0 Å². The van der Waals surface area contributed by atoms with Crippen molar-refractivity contribution in [2.24, 2.45) is 17.4 Å². The molecule has 0 radical (unpaired) electrons. The molecule has 2 aliphatic rings. The van der Waals surface area contributed by atoms with Crippen molar-refractivity contribution in [3.05, 3.63) is 35.4 Å². The summed E-state index contributed by atoms with van der Waals surface area (Å²) in [5, 5.41) is 0. The maximum atomic E-state index is 13.4. The Morgan fingerprint density at radius 2 is 1.73 bits per heavy atom. The fourth-order valence-electron chi connectivity index (χ4n) is 5.40. The Labute approximate surface area is 181 Å². The normalized spacial score (nSPS) is 22.0. The van der Waals surface area contributed by atoms with Gasteiger partial charge in [0.2, 0.25) is 11.8 Å². The maximum absolute atomic E-state index is 13.4. The van der Waals surface area contributed by atoms with Crippen molar-refractivity contribution >= 4 is 11.8 Å². The molecule has 4 N–H and O–H groups in total. The highest BCUT2D eigenvalue weighted by molar-refractivity contribution is 5.88. The van der Waals surface area contributed by atoms with Crippen LogP contribution in [0.4, 0.5) is 0 Å². The molecule has 30 heavy (non-hydrogen) atoms. The Bertz CT molecular complexity index is 699. The van der Waals surface area contributed by atoms with Gasteiger partial charge in [-0.2, -0.15) is 0 Å². The standard InChI is InChI=1S/C25H39N3O2/c26-17-8-2-5-15-22-21-14-7-6-13-20(21)18-23(25(27)30)28(22)24(29)16-9-12-19-10-3-1-4-11-19/h6-7,13-14,19,22-23H,1-5,8-12,15-18,26H2,(H2,27,30). The number of carbonyl (C=O) groups is 2. The van der Waals surface area contributed by atoms with E-state index in [-0.39, 0.29) is 11.9 Å². The summed E-state index contributed by atoms with van der Waals surface area (Å²) in [4.78, 5) is 27.5. The van der Waals surface area contributed by atoms with Crippen LogP contribution < -0.4 is 11.5 Å². The summed E-state index contributed by atoms with van der Waals surface area (Å²) < 4.78 is 0. The van der Waals surface area contributed by atoms with Crippen LogP contribution in [0.5, 0.6) is 0 Å². The molecular formula is C25H39N3O2. The minimum absolute atomic E-state index is 0.0626. The van der Waals surface area contributed by atoms with E-state index in [1.165, 1.54) is 37.7 Å². The summed E-state index contributed by atoms with van der Waals surface area (Å²) in [5.74, 6) is 0.470. The molecule has 1 saturated carbocycles. The van der Waals surface area contributed by atoms with Crippen molar-refractivity contribution in [3.8, 4) is 0 Å². The lowest BCUT2D eigenvalue weighted by atomic mass is 9.84. The summed E-state index contributed by atoms with van der Waals surface area (Å²) >= 11 is 0. The molecule has 0 spiro atoms. The molecule has 1 aliphatic carbocycles. The molecule has 2 unspecified atom stereocenters. The first kappa shape index (κ1) is 22.8. The number of primary amides is 1. The molecule has 1 aromatic carbocycles. The predicted octanol–water partition coefficient (Wildman–Crippen LogP) is 4.24. The molecule has 0 bridgehead atoms. The monoisotopic (exact) mass is 413 g/mol. The molecule has 166 valence electrons. The van der Waals surface area contributed by atoms with Crippen LogP contribution in [-0.4, -0.2) is 29.3 Å². The van der Waals surface area contributed by atoms with Gasteiger partial charge in [0.15, 0.2) is 0 Å². The Morgan fingerprint density at radius 1 is 0.967 bits per heavy atom. The molecule has 3 rings (SSSR count). The average molecular weight is 414 g/mol. The molecule has 2 amide bonds. The number of benzene rings is 1. The SMILES string of the molecule is NCCCCCC1c2ccccc2CC(C(N)=O)N1C(=O)CCCC1CCCCC1. The lowest BCUT2D eigenvalue weighted by molar-refractivity contribution is -0.143. The van der Waals surface area contributed by atoms with Crippen molar-refractivity contribution in [1.82, 2.24) is 4.90 Å². The molecule has 1 aliphatic heterocycles. The van der Waals surface area contributed by atoms with E-state index in [1.54, 1.807) is 0 Å². The maximum Gasteiger partial charge on any atom is 0.240 e. The van der Waals surface area contributed by atoms with Crippen LogP contribution in [0.2, 0.25) is 0 Å². The van der Waals surface area contributed by atoms with Gasteiger partial charge in [-0.15, -0.1) is 0 Å². The summed E-state index contributed by atoms with van der Waals surface area (Å²) in [6.07, 6.45) is 13.6. The van der Waals surface area contributed by atoms with Crippen LogP contribution in [0, 0.1) is 5.92 Å². The van der Waals surface area contributed by atoms with E-state index in [4.69, 9.17) is 11.5 Å². The quantitative estimate of drug-likeness (QED) is 0.562. The van der Waals surface area contributed by atoms with Gasteiger partial charge in [0.25, 0.3) is 0 Å². The first-order valence-electron chi connectivity index (χ1n) is 12.0. The van der Waals surface area contributed by atoms with Crippen molar-refractivity contribution in [1.29, 1.82) is 0 Å². The number of nitrogens with zero attached hydrogens (tertiary/aromatic N) is 1. The van der Waals surface area contributed by atoms with Gasteiger partial charge in [-0.25, -0.2) is 0 Å². The van der Waals surface area contributed by atoms with Gasteiger partial charge in [0.05, 0.1) is 6.04 Å². The van der Waals surface area contributed by atoms with E-state index < -0.39 is 11.9 Å². The molecule has 5 heteroatoms. The highest BCUT2D eigenvalue weighted by Gasteiger charge is 2.39. The zero-order valence-corrected chi connectivity index (χ0v) is 18.4. The van der Waals surface area contributed by atoms with Crippen LogP contribution in [0.15, 0.2) is 24.3 Å². The van der Waals surface area contributed by atoms with Crippen molar-refractivity contribution < 1.29 is 9.59 Å². The zero-order valence-electron chi connectivity index (χ0n) is 18.4. The van der Waals surface area contributed by atoms with Gasteiger partial charge >= 0.3 is 0 Å². The van der Waals surface area contributed by atoms with Gasteiger partial charge in [-0.3, -0.25) is 9.59 Å². The average Bonchev–Trinajstić information content (AvgIpc) is 2.76. The van der Waals surface area contributed by atoms with Gasteiger partial charge in [-0.1, -0.05) is 69.2 Å². The highest BCUT2D eigenvalue weighted by atomic mass is 16.2. The minimum Gasteiger partial charge on any atom is -0.368 e. The van der Waals surface area contributed by atoms with E-state index in [9.17, 15) is 9.59 Å². The van der Waals surface area contributed by atoms with E-state index >= 15 is 0 Å². The fourth-order valence-corrected chi connectivity index (χ4v) is 5.40. The number of carbonyl (C=O) groups excluding carboxylic acids is 2. The van der Waals surface area contributed by atoms with E-state index in [1.807, 2.05) is 17.0 Å². The van der Waals surface area contributed by atoms with E-state index in [0.29, 0.717) is 19.4 Å². The van der Waals surface area contributed by atoms with Crippen molar-refractivity contribution in [2.75, 3.05) is 6.54 Å². The largest absolute Gasteiger partial charge is 0.368 e. The third-order valence-electron chi connectivity index (χ3n) is 7.02. The smallest absolute Gasteiger partial charge is 0.240 e. The molecular weight excluding hydrogens is 374 g/mol. The van der Waals surface area contributed by atoms with E-state index in [0.717, 1.165) is 50.0 Å². The third-order valence-corrected chi connectivity index (χ3v) is 7.02. The highest BCUT2D eigenvalue weighted by Crippen LogP contribution is 2.37. The summed E-state index contributed by atoms with van der Waals surface area (Å²) in [6.45, 7) is 0.689. The van der Waals surface area contributed by atoms with Crippen molar-refractivity contribution in [2.45, 2.75) is 95.6 Å². The Hall–Kier alpha value is -1.88. The van der Waals surface area contributed by atoms with Crippen molar-refractivity contribution in [3.63, 3.8) is 0 Å². The van der Waals surface area contributed by atoms with Gasteiger partial charge < -0.3 is 16.4 Å². The topological polar surface area (TPSA) is 89.4 Å². The summed E-state index contributed by atoms with van der Waals surface area (Å²) in [6, 6.07) is 7.62. The zero-order chi connectivity index (χ0) is 21.3. The Kier molecular flexibility index (Phi) is 8.74. The lowest BCUT2D eigenvalue weighted by Gasteiger charge is -2.42. The van der Waals surface area contributed by atoms with Gasteiger partial charge in [0, 0.05) is 12.8 Å². The fraction of sp³-hybridized carbons (Fsp3) is 0.680. The molecule has 2 atom stereocenters. The molecule has 5 nitrogen and oxygen atoms in total. The van der Waals surface area contributed by atoms with Gasteiger partial charge in [-0.05, 0) is 49.3 Å². The number of rotatable bonds is 10. The van der Waals surface area contributed by atoms with Crippen LogP contribution in [0.3, 0.4) is 0 Å². The molecule has 1 fully saturated rings. The second-order valence-corrected chi connectivity index (χ2v) is 9.17. The molecule has 1 heterocycles. The van der Waals surface area contributed by atoms with E-state index in [2.05, 4.69) is 12.1 Å². The molecule has 0 saturated heterocycles. The number of hydrogen-bond acceptors (Lipinski definition) is 3. The predicted molar refractivity (Wildman–Crippen MR) is 121 cm³/mol. The molecule has 1 aromatic rings. The number of nitrogens with two attached hydrogens (primary N) is 2. The minimum atomic E-state index is -0.540. The van der Waals surface area contributed by atoms with Crippen LogP contribution >= 0.6 is 0 Å².